The van der Waals surface area contributed by atoms with Crippen molar-refractivity contribution >= 4 is 5.95 Å². The third-order valence-electron chi connectivity index (χ3n) is 3.19. The largest absolute Gasteiger partial charge is 0.355 e. The Balaban J connectivity index is 2.86. The van der Waals surface area contributed by atoms with Crippen LogP contribution in [0.3, 0.4) is 0 Å². The average molecular weight is 238 g/mol. The Bertz CT molecular complexity index is 319. The van der Waals surface area contributed by atoms with Crippen molar-refractivity contribution in [2.45, 2.75) is 65.8 Å². The molecule has 0 aliphatic heterocycles. The van der Waals surface area contributed by atoms with Gasteiger partial charge in [-0.05, 0) is 26.7 Å². The summed E-state index contributed by atoms with van der Waals surface area (Å²) in [7, 11) is 0. The fraction of sp³-hybridized carbons (Fsp3) is 0.846. The molecule has 0 radical (unpaired) electrons. The van der Waals surface area contributed by atoms with Crippen molar-refractivity contribution in [3.8, 4) is 0 Å². The molecule has 0 aliphatic carbocycles. The van der Waals surface area contributed by atoms with Crippen molar-refractivity contribution in [3.05, 3.63) is 5.82 Å². The van der Waals surface area contributed by atoms with Crippen molar-refractivity contribution < 1.29 is 0 Å². The van der Waals surface area contributed by atoms with Gasteiger partial charge in [-0.2, -0.15) is 0 Å². The summed E-state index contributed by atoms with van der Waals surface area (Å²) in [5.74, 6) is 2.62. The Hall–Kier alpha value is -1.06. The van der Waals surface area contributed by atoms with Crippen LogP contribution in [0.2, 0.25) is 0 Å². The lowest BCUT2D eigenvalue weighted by Gasteiger charge is -2.15. The maximum atomic E-state index is 4.38. The maximum absolute atomic E-state index is 4.38. The first-order chi connectivity index (χ1) is 8.28. The van der Waals surface area contributed by atoms with E-state index in [0.29, 0.717) is 5.92 Å². The molecule has 0 spiro atoms. The predicted octanol–water partition coefficient (Wildman–Crippen LogP) is 3.41. The Kier molecular flexibility index (Phi) is 6.01. The molecular formula is C13H26N4. The molecule has 1 N–H and O–H groups in total. The number of rotatable bonds is 8. The summed E-state index contributed by atoms with van der Waals surface area (Å²) in [6.45, 7) is 10.5. The van der Waals surface area contributed by atoms with E-state index in [0.717, 1.165) is 31.3 Å². The predicted molar refractivity (Wildman–Crippen MR) is 72.4 cm³/mol. The summed E-state index contributed by atoms with van der Waals surface area (Å²) in [5.41, 5.74) is 0. The molecule has 1 atom stereocenters. The van der Waals surface area contributed by atoms with Gasteiger partial charge in [-0.1, -0.05) is 26.7 Å². The van der Waals surface area contributed by atoms with Crippen LogP contribution < -0.4 is 5.32 Å². The molecular weight excluding hydrogens is 212 g/mol. The summed E-state index contributed by atoms with van der Waals surface area (Å²) in [4.78, 5) is 0. The third-order valence-corrected chi connectivity index (χ3v) is 3.19. The summed E-state index contributed by atoms with van der Waals surface area (Å²) in [6.07, 6.45) is 4.88. The van der Waals surface area contributed by atoms with Gasteiger partial charge in [0.1, 0.15) is 5.82 Å². The standard InChI is InChI=1S/C13H26N4/c1-5-9-10-11(6-2)12-15-16-13(14-7-3)17(12)8-4/h11H,5-10H2,1-4H3,(H,14,16). The molecule has 1 heterocycles. The molecule has 4 nitrogen and oxygen atoms in total. The molecule has 0 aromatic carbocycles. The fourth-order valence-electron chi connectivity index (χ4n) is 2.18. The van der Waals surface area contributed by atoms with Gasteiger partial charge < -0.3 is 5.32 Å². The van der Waals surface area contributed by atoms with Gasteiger partial charge in [-0.3, -0.25) is 4.57 Å². The second kappa shape index (κ2) is 7.30. The normalized spacial score (nSPS) is 12.7. The Morgan fingerprint density at radius 3 is 2.47 bits per heavy atom. The molecule has 0 bridgehead atoms. The van der Waals surface area contributed by atoms with Crippen LogP contribution in [0.25, 0.3) is 0 Å². The first-order valence-corrected chi connectivity index (χ1v) is 6.95. The lowest BCUT2D eigenvalue weighted by Crippen LogP contribution is -2.11. The minimum absolute atomic E-state index is 0.551. The van der Waals surface area contributed by atoms with Crippen LogP contribution >= 0.6 is 0 Å². The highest BCUT2D eigenvalue weighted by Gasteiger charge is 2.18. The number of unbranched alkanes of at least 4 members (excludes halogenated alkanes) is 1. The molecule has 1 aromatic heterocycles. The molecule has 0 amide bonds. The van der Waals surface area contributed by atoms with Gasteiger partial charge in [-0.15, -0.1) is 10.2 Å². The minimum Gasteiger partial charge on any atom is -0.355 e. The van der Waals surface area contributed by atoms with Crippen molar-refractivity contribution in [1.29, 1.82) is 0 Å². The van der Waals surface area contributed by atoms with Crippen LogP contribution in [-0.4, -0.2) is 21.3 Å². The lowest BCUT2D eigenvalue weighted by molar-refractivity contribution is 0.516. The second-order valence-corrected chi connectivity index (χ2v) is 4.40. The van der Waals surface area contributed by atoms with E-state index in [4.69, 9.17) is 0 Å². The van der Waals surface area contributed by atoms with Crippen molar-refractivity contribution in [1.82, 2.24) is 14.8 Å². The lowest BCUT2D eigenvalue weighted by atomic mass is 9.98. The summed E-state index contributed by atoms with van der Waals surface area (Å²) < 4.78 is 2.22. The van der Waals surface area contributed by atoms with Crippen molar-refractivity contribution in [2.24, 2.45) is 0 Å². The summed E-state index contributed by atoms with van der Waals surface area (Å²) >= 11 is 0. The number of aromatic nitrogens is 3. The highest BCUT2D eigenvalue weighted by molar-refractivity contribution is 5.26. The summed E-state index contributed by atoms with van der Waals surface area (Å²) in [6, 6.07) is 0. The molecule has 17 heavy (non-hydrogen) atoms. The molecule has 1 unspecified atom stereocenters. The zero-order valence-corrected chi connectivity index (χ0v) is 11.7. The van der Waals surface area contributed by atoms with E-state index in [1.54, 1.807) is 0 Å². The molecule has 0 saturated heterocycles. The van der Waals surface area contributed by atoms with Gasteiger partial charge >= 0.3 is 0 Å². The summed E-state index contributed by atoms with van der Waals surface area (Å²) in [5, 5.41) is 11.9. The molecule has 1 aromatic rings. The van der Waals surface area contributed by atoms with Gasteiger partial charge in [0, 0.05) is 19.0 Å². The Morgan fingerprint density at radius 1 is 1.18 bits per heavy atom. The van der Waals surface area contributed by atoms with Crippen LogP contribution in [0.1, 0.15) is 65.1 Å². The zero-order chi connectivity index (χ0) is 12.7. The molecule has 0 fully saturated rings. The average Bonchev–Trinajstić information content (AvgIpc) is 2.74. The van der Waals surface area contributed by atoms with Crippen LogP contribution in [0.5, 0.6) is 0 Å². The quantitative estimate of drug-likeness (QED) is 0.754. The first-order valence-electron chi connectivity index (χ1n) is 6.95. The Labute approximate surface area is 105 Å². The van der Waals surface area contributed by atoms with Crippen LogP contribution in [0, 0.1) is 0 Å². The monoisotopic (exact) mass is 238 g/mol. The zero-order valence-electron chi connectivity index (χ0n) is 11.7. The van der Waals surface area contributed by atoms with E-state index in [-0.39, 0.29) is 0 Å². The highest BCUT2D eigenvalue weighted by Crippen LogP contribution is 2.25. The molecule has 4 heteroatoms. The van der Waals surface area contributed by atoms with Crippen LogP contribution in [0.4, 0.5) is 5.95 Å². The van der Waals surface area contributed by atoms with Crippen LogP contribution in [0.15, 0.2) is 0 Å². The molecule has 98 valence electrons. The first kappa shape index (κ1) is 14.0. The number of nitrogens with zero attached hydrogens (tertiary/aromatic N) is 3. The van der Waals surface area contributed by atoms with E-state index in [1.165, 1.54) is 19.3 Å². The smallest absolute Gasteiger partial charge is 0.224 e. The number of nitrogens with one attached hydrogen (secondary N) is 1. The van der Waals surface area contributed by atoms with E-state index < -0.39 is 0 Å². The van der Waals surface area contributed by atoms with Crippen LogP contribution in [-0.2, 0) is 6.54 Å². The third kappa shape index (κ3) is 3.45. The minimum atomic E-state index is 0.551. The van der Waals surface area contributed by atoms with Gasteiger partial charge in [0.2, 0.25) is 5.95 Å². The van der Waals surface area contributed by atoms with Gasteiger partial charge in [-0.25, -0.2) is 0 Å². The number of hydrogen-bond acceptors (Lipinski definition) is 3. The SMILES string of the molecule is CCCCC(CC)c1nnc(NCC)n1CC. The van der Waals surface area contributed by atoms with E-state index in [2.05, 4.69) is 47.8 Å². The Morgan fingerprint density at radius 2 is 1.94 bits per heavy atom. The van der Waals surface area contributed by atoms with Crippen molar-refractivity contribution in [3.63, 3.8) is 0 Å². The van der Waals surface area contributed by atoms with E-state index in [9.17, 15) is 0 Å². The van der Waals surface area contributed by atoms with Crippen molar-refractivity contribution in [2.75, 3.05) is 11.9 Å². The maximum Gasteiger partial charge on any atom is 0.224 e. The molecule has 1 rings (SSSR count). The van der Waals surface area contributed by atoms with Gasteiger partial charge in [0.25, 0.3) is 0 Å². The van der Waals surface area contributed by atoms with E-state index >= 15 is 0 Å². The van der Waals surface area contributed by atoms with Gasteiger partial charge in [0.15, 0.2) is 0 Å². The fourth-order valence-corrected chi connectivity index (χ4v) is 2.18. The highest BCUT2D eigenvalue weighted by atomic mass is 15.3. The van der Waals surface area contributed by atoms with E-state index in [1.807, 2.05) is 0 Å². The van der Waals surface area contributed by atoms with Gasteiger partial charge in [0.05, 0.1) is 0 Å². The second-order valence-electron chi connectivity index (χ2n) is 4.40. The number of hydrogen-bond donors (Lipinski definition) is 1. The number of anilines is 1. The molecule has 0 aliphatic rings. The molecule has 0 saturated carbocycles. The topological polar surface area (TPSA) is 42.7 Å².